The summed E-state index contributed by atoms with van der Waals surface area (Å²) < 4.78 is 2.20. The molecule has 0 unspecified atom stereocenters. The highest BCUT2D eigenvalue weighted by Gasteiger charge is 2.21. The Bertz CT molecular complexity index is 286. The number of rotatable bonds is 3. The Labute approximate surface area is 79.1 Å². The summed E-state index contributed by atoms with van der Waals surface area (Å²) in [6.45, 7) is 6.51. The lowest BCUT2D eigenvalue weighted by atomic mass is 10.2. The monoisotopic (exact) mass is 179 g/mol. The fourth-order valence-corrected chi connectivity index (χ4v) is 1.69. The summed E-state index contributed by atoms with van der Waals surface area (Å²) >= 11 is 0. The van der Waals surface area contributed by atoms with Gasteiger partial charge >= 0.3 is 0 Å². The van der Waals surface area contributed by atoms with Gasteiger partial charge in [0.25, 0.3) is 0 Å². The van der Waals surface area contributed by atoms with E-state index in [0.29, 0.717) is 6.04 Å². The van der Waals surface area contributed by atoms with Gasteiger partial charge in [-0.15, -0.1) is 0 Å². The molecule has 1 aliphatic heterocycles. The Morgan fingerprint density at radius 1 is 1.46 bits per heavy atom. The van der Waals surface area contributed by atoms with E-state index in [2.05, 4.69) is 35.0 Å². The van der Waals surface area contributed by atoms with Crippen molar-refractivity contribution < 1.29 is 0 Å². The van der Waals surface area contributed by atoms with E-state index in [4.69, 9.17) is 0 Å². The third kappa shape index (κ3) is 1.48. The molecule has 72 valence electrons. The van der Waals surface area contributed by atoms with E-state index in [-0.39, 0.29) is 0 Å². The van der Waals surface area contributed by atoms with Gasteiger partial charge in [-0.3, -0.25) is 4.68 Å². The summed E-state index contributed by atoms with van der Waals surface area (Å²) in [4.78, 5) is 0. The van der Waals surface area contributed by atoms with E-state index in [1.54, 1.807) is 0 Å². The Hall–Kier alpha value is -0.830. The van der Waals surface area contributed by atoms with Crippen LogP contribution < -0.4 is 5.32 Å². The first-order valence-corrected chi connectivity index (χ1v) is 5.13. The average Bonchev–Trinajstić information content (AvgIpc) is 2.45. The molecule has 0 amide bonds. The maximum absolute atomic E-state index is 4.60. The van der Waals surface area contributed by atoms with Crippen LogP contribution in [0.1, 0.15) is 31.3 Å². The molecule has 3 heteroatoms. The summed E-state index contributed by atoms with van der Waals surface area (Å²) in [5.41, 5.74) is 2.60. The number of aryl methyl sites for hydroxylation is 2. The molecule has 1 saturated heterocycles. The Morgan fingerprint density at radius 2 is 2.23 bits per heavy atom. The van der Waals surface area contributed by atoms with E-state index in [1.165, 1.54) is 11.4 Å². The van der Waals surface area contributed by atoms with E-state index in [0.717, 1.165) is 25.9 Å². The third-order valence-electron chi connectivity index (χ3n) is 2.69. The molecule has 3 nitrogen and oxygen atoms in total. The molecule has 0 spiro atoms. The lowest BCUT2D eigenvalue weighted by molar-refractivity contribution is 0.310. The molecule has 2 rings (SSSR count). The van der Waals surface area contributed by atoms with Gasteiger partial charge in [-0.25, -0.2) is 0 Å². The second-order valence-corrected chi connectivity index (χ2v) is 3.59. The van der Waals surface area contributed by atoms with Crippen molar-refractivity contribution in [1.82, 2.24) is 15.1 Å². The van der Waals surface area contributed by atoms with Gasteiger partial charge in [-0.1, -0.05) is 13.8 Å². The molecule has 13 heavy (non-hydrogen) atoms. The van der Waals surface area contributed by atoms with Crippen LogP contribution in [0.5, 0.6) is 0 Å². The van der Waals surface area contributed by atoms with E-state index >= 15 is 0 Å². The van der Waals surface area contributed by atoms with Gasteiger partial charge in [-0.05, 0) is 18.9 Å². The number of hydrogen-bond acceptors (Lipinski definition) is 2. The van der Waals surface area contributed by atoms with Crippen molar-refractivity contribution in [2.45, 2.75) is 32.7 Å². The van der Waals surface area contributed by atoms with Crippen LogP contribution in [0.15, 0.2) is 6.07 Å². The van der Waals surface area contributed by atoms with Crippen LogP contribution in [-0.4, -0.2) is 22.9 Å². The second kappa shape index (κ2) is 3.50. The lowest BCUT2D eigenvalue weighted by Crippen LogP contribution is -2.44. The highest BCUT2D eigenvalue weighted by Crippen LogP contribution is 2.16. The molecule has 1 N–H and O–H groups in total. The minimum atomic E-state index is 0.607. The van der Waals surface area contributed by atoms with E-state index < -0.39 is 0 Å². The normalized spacial score (nSPS) is 17.4. The van der Waals surface area contributed by atoms with Crippen LogP contribution in [0.25, 0.3) is 0 Å². The van der Waals surface area contributed by atoms with Gasteiger partial charge in [0.1, 0.15) is 0 Å². The predicted octanol–water partition coefficient (Wildman–Crippen LogP) is 1.15. The fourth-order valence-electron chi connectivity index (χ4n) is 1.69. The van der Waals surface area contributed by atoms with Crippen molar-refractivity contribution >= 4 is 0 Å². The van der Waals surface area contributed by atoms with Crippen molar-refractivity contribution in [3.8, 4) is 0 Å². The number of nitrogens with zero attached hydrogens (tertiary/aromatic N) is 2. The molecule has 1 aromatic heterocycles. The fraction of sp³-hybridized carbons (Fsp3) is 0.700. The van der Waals surface area contributed by atoms with E-state index in [9.17, 15) is 0 Å². The van der Waals surface area contributed by atoms with Crippen molar-refractivity contribution in [1.29, 1.82) is 0 Å². The average molecular weight is 179 g/mol. The Morgan fingerprint density at radius 3 is 2.69 bits per heavy atom. The summed E-state index contributed by atoms with van der Waals surface area (Å²) in [6.07, 6.45) is 2.13. The molecule has 0 saturated carbocycles. The van der Waals surface area contributed by atoms with Gasteiger partial charge in [0.15, 0.2) is 0 Å². The Kier molecular flexibility index (Phi) is 2.36. The van der Waals surface area contributed by atoms with Gasteiger partial charge in [0, 0.05) is 18.8 Å². The van der Waals surface area contributed by atoms with Gasteiger partial charge < -0.3 is 5.32 Å². The number of aromatic nitrogens is 2. The van der Waals surface area contributed by atoms with Crippen molar-refractivity contribution in [2.24, 2.45) is 0 Å². The summed E-state index contributed by atoms with van der Waals surface area (Å²) in [5.74, 6) is 0. The molecule has 1 fully saturated rings. The molecule has 0 radical (unpaired) electrons. The molecule has 1 aromatic rings. The van der Waals surface area contributed by atoms with Crippen molar-refractivity contribution in [3.63, 3.8) is 0 Å². The first-order valence-electron chi connectivity index (χ1n) is 5.13. The third-order valence-corrected chi connectivity index (χ3v) is 2.69. The van der Waals surface area contributed by atoms with E-state index in [1.807, 2.05) is 0 Å². The van der Waals surface area contributed by atoms with Gasteiger partial charge in [0.2, 0.25) is 0 Å². The second-order valence-electron chi connectivity index (χ2n) is 3.59. The van der Waals surface area contributed by atoms with Crippen molar-refractivity contribution in [2.75, 3.05) is 13.1 Å². The first kappa shape index (κ1) is 8.75. The van der Waals surface area contributed by atoms with Crippen LogP contribution in [-0.2, 0) is 12.8 Å². The summed E-state index contributed by atoms with van der Waals surface area (Å²) in [7, 11) is 0. The smallest absolute Gasteiger partial charge is 0.0770 e. The number of nitrogens with one attached hydrogen (secondary N) is 1. The highest BCUT2D eigenvalue weighted by atomic mass is 15.3. The minimum absolute atomic E-state index is 0.607. The van der Waals surface area contributed by atoms with Gasteiger partial charge in [0.05, 0.1) is 11.7 Å². The van der Waals surface area contributed by atoms with Crippen LogP contribution in [0.3, 0.4) is 0 Å². The maximum Gasteiger partial charge on any atom is 0.0770 e. The molecule has 0 atom stereocenters. The molecular formula is C10H17N3. The SMILES string of the molecule is CCc1cc(CC)n(C2CNC2)n1. The highest BCUT2D eigenvalue weighted by molar-refractivity contribution is 5.12. The zero-order valence-electron chi connectivity index (χ0n) is 8.38. The molecule has 0 aliphatic carbocycles. The first-order chi connectivity index (χ1) is 6.35. The standard InChI is InChI=1S/C10H17N3/c1-3-8-5-9(4-2)13(12-8)10-6-11-7-10/h5,10-11H,3-4,6-7H2,1-2H3. The molecule has 1 aliphatic rings. The molecule has 0 bridgehead atoms. The van der Waals surface area contributed by atoms with Crippen LogP contribution in [0, 0.1) is 0 Å². The predicted molar refractivity (Wildman–Crippen MR) is 52.9 cm³/mol. The summed E-state index contributed by atoms with van der Waals surface area (Å²) in [6, 6.07) is 2.84. The minimum Gasteiger partial charge on any atom is -0.312 e. The quantitative estimate of drug-likeness (QED) is 0.754. The van der Waals surface area contributed by atoms with Gasteiger partial charge in [-0.2, -0.15) is 5.10 Å². The van der Waals surface area contributed by atoms with Crippen LogP contribution in [0.4, 0.5) is 0 Å². The zero-order chi connectivity index (χ0) is 9.26. The van der Waals surface area contributed by atoms with Crippen molar-refractivity contribution in [3.05, 3.63) is 17.5 Å². The zero-order valence-corrected chi connectivity index (χ0v) is 8.38. The molecule has 2 heterocycles. The molecular weight excluding hydrogens is 162 g/mol. The lowest BCUT2D eigenvalue weighted by Gasteiger charge is -2.28. The largest absolute Gasteiger partial charge is 0.312 e. The summed E-state index contributed by atoms with van der Waals surface area (Å²) in [5, 5.41) is 7.88. The Balaban J connectivity index is 2.25. The maximum atomic E-state index is 4.60. The topological polar surface area (TPSA) is 29.9 Å². The van der Waals surface area contributed by atoms with Crippen LogP contribution in [0.2, 0.25) is 0 Å². The molecule has 0 aromatic carbocycles. The van der Waals surface area contributed by atoms with Crippen LogP contribution >= 0.6 is 0 Å². The number of hydrogen-bond donors (Lipinski definition) is 1.